The molecule has 2 atom stereocenters. The zero-order valence-corrected chi connectivity index (χ0v) is 9.39. The largest absolute Gasteiger partial charge is 0.330 e. The molecule has 2 unspecified atom stereocenters. The van der Waals surface area contributed by atoms with Gasteiger partial charge < -0.3 is 5.73 Å². The molecule has 0 radical (unpaired) electrons. The molecule has 2 N–H and O–H groups in total. The molecule has 1 heterocycles. The van der Waals surface area contributed by atoms with Crippen LogP contribution in [-0.4, -0.2) is 18.1 Å². The van der Waals surface area contributed by atoms with Gasteiger partial charge in [0.15, 0.2) is 0 Å². The molecule has 0 aliphatic carbocycles. The molecule has 76 valence electrons. The van der Waals surface area contributed by atoms with E-state index in [1.807, 2.05) is 11.8 Å². The number of hydrogen-bond acceptors (Lipinski definition) is 2. The summed E-state index contributed by atoms with van der Waals surface area (Å²) in [6.07, 6.45) is 0. The number of nitrogens with two attached hydrogens (primary N) is 1. The van der Waals surface area contributed by atoms with Gasteiger partial charge in [0.05, 0.1) is 0 Å². The first-order valence-corrected chi connectivity index (χ1v) is 6.31. The molecule has 0 bridgehead atoms. The third kappa shape index (κ3) is 1.82. The van der Waals surface area contributed by atoms with E-state index in [9.17, 15) is 0 Å². The summed E-state index contributed by atoms with van der Waals surface area (Å²) < 4.78 is 0. The predicted molar refractivity (Wildman–Crippen MR) is 63.8 cm³/mol. The van der Waals surface area contributed by atoms with Crippen LogP contribution >= 0.6 is 11.8 Å². The van der Waals surface area contributed by atoms with Gasteiger partial charge in [0.2, 0.25) is 0 Å². The highest BCUT2D eigenvalue weighted by Crippen LogP contribution is 2.38. The first kappa shape index (κ1) is 10.1. The molecule has 0 spiro atoms. The summed E-state index contributed by atoms with van der Waals surface area (Å²) in [5, 5.41) is 0. The van der Waals surface area contributed by atoms with Gasteiger partial charge in [-0.1, -0.05) is 24.3 Å². The van der Waals surface area contributed by atoms with Gasteiger partial charge in [-0.15, -0.1) is 0 Å². The van der Waals surface area contributed by atoms with Crippen molar-refractivity contribution in [2.75, 3.05) is 18.1 Å². The summed E-state index contributed by atoms with van der Waals surface area (Å²) >= 11 is 2.04. The van der Waals surface area contributed by atoms with Crippen LogP contribution in [0.1, 0.15) is 17.0 Å². The Morgan fingerprint density at radius 2 is 2.14 bits per heavy atom. The van der Waals surface area contributed by atoms with Gasteiger partial charge in [-0.2, -0.15) is 11.8 Å². The lowest BCUT2D eigenvalue weighted by Crippen LogP contribution is -2.20. The zero-order chi connectivity index (χ0) is 9.97. The Morgan fingerprint density at radius 1 is 1.36 bits per heavy atom. The van der Waals surface area contributed by atoms with Crippen molar-refractivity contribution >= 4 is 11.8 Å². The van der Waals surface area contributed by atoms with Gasteiger partial charge in [-0.25, -0.2) is 0 Å². The van der Waals surface area contributed by atoms with E-state index >= 15 is 0 Å². The summed E-state index contributed by atoms with van der Waals surface area (Å²) in [5.41, 5.74) is 8.72. The minimum absolute atomic E-state index is 0.682. The molecule has 2 rings (SSSR count). The summed E-state index contributed by atoms with van der Waals surface area (Å²) in [6.45, 7) is 3.03. The molecule has 1 saturated heterocycles. The van der Waals surface area contributed by atoms with Gasteiger partial charge in [0.25, 0.3) is 0 Å². The van der Waals surface area contributed by atoms with E-state index in [4.69, 9.17) is 5.73 Å². The highest BCUT2D eigenvalue weighted by molar-refractivity contribution is 7.99. The maximum absolute atomic E-state index is 5.80. The average Bonchev–Trinajstić information content (AvgIpc) is 2.66. The zero-order valence-electron chi connectivity index (χ0n) is 8.57. The van der Waals surface area contributed by atoms with Crippen molar-refractivity contribution in [3.05, 3.63) is 35.4 Å². The van der Waals surface area contributed by atoms with Crippen molar-refractivity contribution in [1.29, 1.82) is 0 Å². The molecule has 1 aliphatic rings. The quantitative estimate of drug-likeness (QED) is 0.806. The van der Waals surface area contributed by atoms with Crippen LogP contribution in [0.5, 0.6) is 0 Å². The first-order valence-electron chi connectivity index (χ1n) is 5.16. The molecule has 0 amide bonds. The second-order valence-corrected chi connectivity index (χ2v) is 5.07. The van der Waals surface area contributed by atoms with E-state index < -0.39 is 0 Å². The fourth-order valence-electron chi connectivity index (χ4n) is 2.18. The molecule has 0 aromatic heterocycles. The molecule has 14 heavy (non-hydrogen) atoms. The second-order valence-electron chi connectivity index (χ2n) is 4.00. The van der Waals surface area contributed by atoms with Crippen molar-refractivity contribution in [2.45, 2.75) is 12.8 Å². The number of benzene rings is 1. The van der Waals surface area contributed by atoms with Crippen LogP contribution in [0.25, 0.3) is 0 Å². The lowest BCUT2D eigenvalue weighted by Gasteiger charge is -2.19. The molecule has 2 heteroatoms. The topological polar surface area (TPSA) is 26.0 Å². The van der Waals surface area contributed by atoms with E-state index in [1.54, 1.807) is 0 Å². The Bertz CT molecular complexity index is 311. The number of rotatable bonds is 2. The molecule has 1 aromatic rings. The van der Waals surface area contributed by atoms with Crippen molar-refractivity contribution in [3.8, 4) is 0 Å². The van der Waals surface area contributed by atoms with E-state index in [2.05, 4.69) is 31.2 Å². The molecule has 1 nitrogen and oxygen atoms in total. The van der Waals surface area contributed by atoms with Gasteiger partial charge in [0.1, 0.15) is 0 Å². The number of thioether (sulfide) groups is 1. The number of aryl methyl sites for hydroxylation is 1. The highest BCUT2D eigenvalue weighted by atomic mass is 32.2. The molecule has 1 fully saturated rings. The molecule has 1 aliphatic heterocycles. The van der Waals surface area contributed by atoms with E-state index in [0.29, 0.717) is 11.8 Å². The Kier molecular flexibility index (Phi) is 3.14. The van der Waals surface area contributed by atoms with E-state index in [-0.39, 0.29) is 0 Å². The molecular weight excluding hydrogens is 190 g/mol. The van der Waals surface area contributed by atoms with Crippen molar-refractivity contribution in [2.24, 2.45) is 11.7 Å². The average molecular weight is 207 g/mol. The van der Waals surface area contributed by atoms with Crippen LogP contribution in [0, 0.1) is 12.8 Å². The summed E-state index contributed by atoms with van der Waals surface area (Å²) in [5.74, 6) is 3.84. The summed E-state index contributed by atoms with van der Waals surface area (Å²) in [4.78, 5) is 0. The molecular formula is C12H17NS. The highest BCUT2D eigenvalue weighted by Gasteiger charge is 2.28. The normalized spacial score (nSPS) is 26.7. The fraction of sp³-hybridized carbons (Fsp3) is 0.500. The lowest BCUT2D eigenvalue weighted by atomic mass is 9.86. The first-order chi connectivity index (χ1) is 6.83. The monoisotopic (exact) mass is 207 g/mol. The van der Waals surface area contributed by atoms with Gasteiger partial charge in [-0.05, 0) is 42.2 Å². The van der Waals surface area contributed by atoms with E-state index in [0.717, 1.165) is 6.54 Å². The van der Waals surface area contributed by atoms with Crippen LogP contribution in [0.15, 0.2) is 24.3 Å². The van der Waals surface area contributed by atoms with Crippen LogP contribution in [0.2, 0.25) is 0 Å². The maximum atomic E-state index is 5.80. The van der Waals surface area contributed by atoms with Crippen LogP contribution < -0.4 is 5.73 Å². The second kappa shape index (κ2) is 4.37. The standard InChI is InChI=1S/C12H17NS/c1-9-4-2-3-5-11(9)12-8-14-7-10(12)6-13/h2-5,10,12H,6-8,13H2,1H3. The summed E-state index contributed by atoms with van der Waals surface area (Å²) in [6, 6.07) is 8.71. The SMILES string of the molecule is Cc1ccccc1C1CSCC1CN. The fourth-order valence-corrected chi connectivity index (χ4v) is 3.69. The van der Waals surface area contributed by atoms with Crippen LogP contribution in [0.3, 0.4) is 0 Å². The third-order valence-corrected chi connectivity index (χ3v) is 4.35. The van der Waals surface area contributed by atoms with Crippen molar-refractivity contribution in [1.82, 2.24) is 0 Å². The Morgan fingerprint density at radius 3 is 2.86 bits per heavy atom. The Hall–Kier alpha value is -0.470. The number of hydrogen-bond donors (Lipinski definition) is 1. The van der Waals surface area contributed by atoms with Gasteiger partial charge in [-0.3, -0.25) is 0 Å². The van der Waals surface area contributed by atoms with E-state index in [1.165, 1.54) is 22.6 Å². The molecule has 1 aromatic carbocycles. The summed E-state index contributed by atoms with van der Waals surface area (Å²) in [7, 11) is 0. The minimum atomic E-state index is 0.682. The van der Waals surface area contributed by atoms with Crippen molar-refractivity contribution in [3.63, 3.8) is 0 Å². The lowest BCUT2D eigenvalue weighted by molar-refractivity contribution is 0.532. The van der Waals surface area contributed by atoms with Crippen LogP contribution in [0.4, 0.5) is 0 Å². The van der Waals surface area contributed by atoms with Gasteiger partial charge >= 0.3 is 0 Å². The van der Waals surface area contributed by atoms with Crippen LogP contribution in [-0.2, 0) is 0 Å². The van der Waals surface area contributed by atoms with Crippen molar-refractivity contribution < 1.29 is 0 Å². The minimum Gasteiger partial charge on any atom is -0.330 e. The Balaban J connectivity index is 2.26. The van der Waals surface area contributed by atoms with Gasteiger partial charge in [0, 0.05) is 5.75 Å². The maximum Gasteiger partial charge on any atom is 0.000513 e. The molecule has 0 saturated carbocycles. The Labute approximate surface area is 90.1 Å². The smallest absolute Gasteiger partial charge is 0.000513 e. The third-order valence-electron chi connectivity index (χ3n) is 3.09. The predicted octanol–water partition coefficient (Wildman–Crippen LogP) is 2.40.